The molecule has 0 aromatic heterocycles. The van der Waals surface area contributed by atoms with Crippen LogP contribution < -0.4 is 0 Å². The first kappa shape index (κ1) is 52.8. The van der Waals surface area contributed by atoms with Crippen LogP contribution in [0.5, 0.6) is 0 Å². The second-order valence-electron chi connectivity index (χ2n) is 14.3. The summed E-state index contributed by atoms with van der Waals surface area (Å²) in [7, 11) is 0. The molecule has 26 heteroatoms. The molecule has 3 fully saturated rings. The molecule has 3 unspecified atom stereocenters. The van der Waals surface area contributed by atoms with E-state index in [1.54, 1.807) is 0 Å². The van der Waals surface area contributed by atoms with Crippen molar-refractivity contribution in [3.8, 4) is 0 Å². The molecule has 3 rings (SSSR count). The van der Waals surface area contributed by atoms with Gasteiger partial charge in [0, 0.05) is 69.2 Å². The van der Waals surface area contributed by atoms with Crippen LogP contribution in [-0.2, 0) is 119 Å². The predicted molar refractivity (Wildman–Crippen MR) is 197 cm³/mol. The van der Waals surface area contributed by atoms with Gasteiger partial charge in [-0.25, -0.2) is 0 Å². The second kappa shape index (κ2) is 23.9. The van der Waals surface area contributed by atoms with Crippen molar-refractivity contribution < 1.29 is 124 Å². The highest BCUT2D eigenvalue weighted by Crippen LogP contribution is 2.38. The molecule has 0 amide bonds. The lowest BCUT2D eigenvalue weighted by molar-refractivity contribution is -0.378. The lowest BCUT2D eigenvalue weighted by atomic mass is 9.95. The molecule has 3 aliphatic rings. The Morgan fingerprint density at radius 1 is 0.328 bits per heavy atom. The summed E-state index contributed by atoms with van der Waals surface area (Å²) in [4.78, 5) is 124. The first-order valence-electron chi connectivity index (χ1n) is 19.4. The van der Waals surface area contributed by atoms with Crippen molar-refractivity contribution in [2.45, 2.75) is 161 Å². The fourth-order valence-electron chi connectivity index (χ4n) is 6.77. The number of hydrogen-bond donors (Lipinski definition) is 1. The van der Waals surface area contributed by atoms with Crippen molar-refractivity contribution in [2.24, 2.45) is 0 Å². The Morgan fingerprint density at radius 2 is 0.578 bits per heavy atom. The fourth-order valence-corrected chi connectivity index (χ4v) is 6.77. The van der Waals surface area contributed by atoms with Crippen molar-refractivity contribution >= 4 is 59.7 Å². The summed E-state index contributed by atoms with van der Waals surface area (Å²) in [6.07, 6.45) is -27.2. The van der Waals surface area contributed by atoms with E-state index < -0.39 is 172 Å². The number of hydrogen-bond acceptors (Lipinski definition) is 26. The van der Waals surface area contributed by atoms with E-state index in [1.165, 1.54) is 0 Å². The third-order valence-electron chi connectivity index (χ3n) is 8.84. The van der Waals surface area contributed by atoms with Gasteiger partial charge in [0.2, 0.25) is 0 Å². The van der Waals surface area contributed by atoms with Crippen LogP contribution in [0.4, 0.5) is 0 Å². The van der Waals surface area contributed by atoms with Gasteiger partial charge >= 0.3 is 59.7 Å². The van der Waals surface area contributed by atoms with E-state index in [2.05, 4.69) is 0 Å². The van der Waals surface area contributed by atoms with E-state index in [9.17, 15) is 53.1 Å². The smallest absolute Gasteiger partial charge is 0.303 e. The molecule has 15 atom stereocenters. The van der Waals surface area contributed by atoms with Gasteiger partial charge in [-0.2, -0.15) is 0 Å². The maximum atomic E-state index is 12.9. The van der Waals surface area contributed by atoms with Crippen molar-refractivity contribution in [2.75, 3.05) is 19.8 Å². The van der Waals surface area contributed by atoms with E-state index in [1.807, 2.05) is 0 Å². The molecule has 0 spiro atoms. The Kier molecular flexibility index (Phi) is 19.8. The van der Waals surface area contributed by atoms with Gasteiger partial charge < -0.3 is 76.2 Å². The molecule has 0 aromatic carbocycles. The maximum Gasteiger partial charge on any atom is 0.303 e. The molecular weight excluding hydrogens is 872 g/mol. The zero-order valence-corrected chi connectivity index (χ0v) is 36.4. The van der Waals surface area contributed by atoms with Gasteiger partial charge in [0.25, 0.3) is 0 Å². The molecule has 3 heterocycles. The van der Waals surface area contributed by atoms with Crippen molar-refractivity contribution in [3.05, 3.63) is 0 Å². The topological polar surface area (TPSA) is 329 Å². The Labute approximate surface area is 364 Å². The summed E-state index contributed by atoms with van der Waals surface area (Å²) < 4.78 is 84.2. The highest BCUT2D eigenvalue weighted by molar-refractivity contribution is 5.70. The van der Waals surface area contributed by atoms with Gasteiger partial charge in [-0.05, 0) is 0 Å². The van der Waals surface area contributed by atoms with Gasteiger partial charge in [0.1, 0.15) is 50.3 Å². The minimum atomic E-state index is -2.02. The van der Waals surface area contributed by atoms with Crippen molar-refractivity contribution in [1.82, 2.24) is 0 Å². The maximum absolute atomic E-state index is 12.9. The number of aliphatic hydroxyl groups excluding tert-OH is 1. The standard InChI is InChI=1S/C38H52O26/c1-14(39)50-11-24-28(30(54-18(5)43)33(36(49)60-24)57-21(8)46)63-38-35(59-23(10)48)32(56-20(7)45)29(26(62-38)13-52-16(3)41)64-37-34(58-22(9)47)31(55-19(6)44)27(53-17(4)42)25(61-37)12-51-15(2)40/h24-38,49H,11-13H2,1-10H3/t24?,25?,26?,27-,28-,29-,30+,31+,32+,33+,34+,35+,36-,37+,38+/m1/s1. The number of esters is 10. The fraction of sp³-hybridized carbons (Fsp3) is 0.737. The normalized spacial score (nSPS) is 32.3. The van der Waals surface area contributed by atoms with E-state index in [-0.39, 0.29) is 0 Å². The molecule has 0 bridgehead atoms. The number of carbonyl (C=O) groups excluding carboxylic acids is 10. The second-order valence-corrected chi connectivity index (χ2v) is 14.3. The molecule has 0 radical (unpaired) electrons. The van der Waals surface area contributed by atoms with E-state index >= 15 is 0 Å². The number of ether oxygens (including phenoxy) is 15. The lowest BCUT2D eigenvalue weighted by Crippen LogP contribution is -2.68. The first-order chi connectivity index (χ1) is 29.9. The minimum Gasteiger partial charge on any atom is -0.463 e. The van der Waals surface area contributed by atoms with Crippen LogP contribution in [0.15, 0.2) is 0 Å². The van der Waals surface area contributed by atoms with Crippen LogP contribution in [0.25, 0.3) is 0 Å². The number of rotatable bonds is 17. The summed E-state index contributed by atoms with van der Waals surface area (Å²) in [6, 6.07) is 0. The monoisotopic (exact) mass is 924 g/mol. The van der Waals surface area contributed by atoms with Crippen molar-refractivity contribution in [3.63, 3.8) is 0 Å². The first-order valence-corrected chi connectivity index (χ1v) is 19.4. The summed E-state index contributed by atoms with van der Waals surface area (Å²) >= 11 is 0. The quantitative estimate of drug-likeness (QED) is 0.123. The van der Waals surface area contributed by atoms with Gasteiger partial charge in [0.05, 0.1) is 0 Å². The molecule has 3 saturated heterocycles. The van der Waals surface area contributed by atoms with Gasteiger partial charge in [-0.15, -0.1) is 0 Å². The van der Waals surface area contributed by atoms with Crippen LogP contribution >= 0.6 is 0 Å². The third kappa shape index (κ3) is 15.6. The third-order valence-corrected chi connectivity index (χ3v) is 8.84. The molecule has 0 aliphatic carbocycles. The largest absolute Gasteiger partial charge is 0.463 e. The van der Waals surface area contributed by atoms with E-state index in [4.69, 9.17) is 71.1 Å². The summed E-state index contributed by atoms with van der Waals surface area (Å²) in [5.41, 5.74) is 0. The number of carbonyl (C=O) groups is 10. The van der Waals surface area contributed by atoms with Gasteiger partial charge in [-0.1, -0.05) is 0 Å². The highest BCUT2D eigenvalue weighted by Gasteiger charge is 2.59. The SMILES string of the molecule is CC(=O)OCC1O[C@@H](O[C@@H]2C(COC(C)=O)O[C@@H](O[C@@H]3C(COC(C)=O)O[C@@H](O)[C@@H](OC(C)=O)[C@H]3OC(C)=O)[C@@H](OC(C)=O)[C@H]2OC(C)=O)[C@@H](OC(C)=O)[C@@H](OC(C)=O)[C@@H]1OC(C)=O. The molecular formula is C38H52O26. The van der Waals surface area contributed by atoms with E-state index in [0.29, 0.717) is 0 Å². The highest BCUT2D eigenvalue weighted by atomic mass is 16.8. The Hall–Kier alpha value is -5.54. The molecule has 0 saturated carbocycles. The van der Waals surface area contributed by atoms with E-state index in [0.717, 1.165) is 69.2 Å². The van der Waals surface area contributed by atoms with Crippen LogP contribution in [0.2, 0.25) is 0 Å². The molecule has 26 nitrogen and oxygen atoms in total. The molecule has 0 aromatic rings. The zero-order chi connectivity index (χ0) is 48.2. The molecule has 360 valence electrons. The Bertz CT molecular complexity index is 1730. The summed E-state index contributed by atoms with van der Waals surface area (Å²) in [5, 5.41) is 10.9. The van der Waals surface area contributed by atoms with Gasteiger partial charge in [0.15, 0.2) is 61.6 Å². The van der Waals surface area contributed by atoms with Crippen LogP contribution in [-0.4, -0.2) is 177 Å². The zero-order valence-electron chi connectivity index (χ0n) is 36.4. The summed E-state index contributed by atoms with van der Waals surface area (Å²) in [6.45, 7) is 7.65. The van der Waals surface area contributed by atoms with Crippen molar-refractivity contribution in [1.29, 1.82) is 0 Å². The average molecular weight is 925 g/mol. The number of aliphatic hydroxyl groups is 1. The summed E-state index contributed by atoms with van der Waals surface area (Å²) in [5.74, 6) is -9.61. The van der Waals surface area contributed by atoms with Crippen LogP contribution in [0.3, 0.4) is 0 Å². The molecule has 64 heavy (non-hydrogen) atoms. The van der Waals surface area contributed by atoms with Crippen LogP contribution in [0.1, 0.15) is 69.2 Å². The average Bonchev–Trinajstić information content (AvgIpc) is 3.15. The minimum absolute atomic E-state index is 0.681. The van der Waals surface area contributed by atoms with Gasteiger partial charge in [-0.3, -0.25) is 47.9 Å². The van der Waals surface area contributed by atoms with Crippen LogP contribution in [0, 0.1) is 0 Å². The lowest BCUT2D eigenvalue weighted by Gasteiger charge is -2.50. The molecule has 1 N–H and O–H groups in total. The Morgan fingerprint density at radius 3 is 0.906 bits per heavy atom. The molecule has 3 aliphatic heterocycles. The predicted octanol–water partition coefficient (Wildman–Crippen LogP) is -1.86. The Balaban J connectivity index is 2.28.